The van der Waals surface area contributed by atoms with E-state index in [1.807, 2.05) is 0 Å². The summed E-state index contributed by atoms with van der Waals surface area (Å²) < 4.78 is 31.4. The van der Waals surface area contributed by atoms with Crippen molar-refractivity contribution in [1.82, 2.24) is 0 Å². The van der Waals surface area contributed by atoms with Crippen molar-refractivity contribution in [3.8, 4) is 17.6 Å². The smallest absolute Gasteiger partial charge is 0.289 e. The molecule has 0 spiro atoms. The molecule has 0 amide bonds. The third kappa shape index (κ3) is 2.34. The maximum absolute atomic E-state index is 13.3. The summed E-state index contributed by atoms with van der Waals surface area (Å²) in [4.78, 5) is 0. The van der Waals surface area contributed by atoms with E-state index in [0.29, 0.717) is 0 Å². The fraction of sp³-hybridized carbons (Fsp3) is 0.364. The second-order valence-corrected chi connectivity index (χ2v) is 3.59. The largest absolute Gasteiger partial charge is 0.504 e. The van der Waals surface area contributed by atoms with Crippen LogP contribution in [0.25, 0.3) is 0 Å². The third-order valence-electron chi connectivity index (χ3n) is 2.50. The molecule has 0 unspecified atom stereocenters. The Kier molecular flexibility index (Phi) is 4.06. The van der Waals surface area contributed by atoms with E-state index in [1.54, 1.807) is 6.07 Å². The van der Waals surface area contributed by atoms with Crippen LogP contribution >= 0.6 is 0 Å². The van der Waals surface area contributed by atoms with Gasteiger partial charge in [-0.2, -0.15) is 5.26 Å². The molecule has 0 heterocycles. The lowest BCUT2D eigenvalue weighted by Crippen LogP contribution is -2.36. The summed E-state index contributed by atoms with van der Waals surface area (Å²) in [5.41, 5.74) is 4.66. The third-order valence-corrected chi connectivity index (χ3v) is 2.50. The molecule has 0 aliphatic carbocycles. The van der Waals surface area contributed by atoms with Gasteiger partial charge in [0.2, 0.25) is 0 Å². The number of alkyl halides is 2. The maximum Gasteiger partial charge on any atom is 0.289 e. The van der Waals surface area contributed by atoms with Gasteiger partial charge in [-0.15, -0.1) is 0 Å². The summed E-state index contributed by atoms with van der Waals surface area (Å²) in [6.45, 7) is -1.49. The van der Waals surface area contributed by atoms with Gasteiger partial charge in [-0.3, -0.25) is 0 Å². The molecule has 0 aliphatic heterocycles. The first-order chi connectivity index (χ1) is 8.38. The molecule has 1 atom stereocenters. The molecule has 0 saturated heterocycles. The van der Waals surface area contributed by atoms with Crippen molar-refractivity contribution in [1.29, 1.82) is 5.26 Å². The number of aromatic hydroxyl groups is 1. The van der Waals surface area contributed by atoms with Crippen LogP contribution in [0.4, 0.5) is 8.78 Å². The van der Waals surface area contributed by atoms with E-state index in [9.17, 15) is 13.9 Å². The lowest BCUT2D eigenvalue weighted by atomic mass is 9.95. The van der Waals surface area contributed by atoms with Crippen molar-refractivity contribution in [3.63, 3.8) is 0 Å². The highest BCUT2D eigenvalue weighted by atomic mass is 19.3. The first-order valence-corrected chi connectivity index (χ1v) is 4.93. The molecule has 4 N–H and O–H groups in total. The van der Waals surface area contributed by atoms with Gasteiger partial charge in [0.1, 0.15) is 12.6 Å². The average molecular weight is 258 g/mol. The van der Waals surface area contributed by atoms with Crippen LogP contribution in [0, 0.1) is 11.3 Å². The van der Waals surface area contributed by atoms with E-state index >= 15 is 0 Å². The fourth-order valence-corrected chi connectivity index (χ4v) is 1.47. The number of rotatable bonds is 4. The van der Waals surface area contributed by atoms with Gasteiger partial charge >= 0.3 is 0 Å². The molecular formula is C11H12F2N2O3. The topological polar surface area (TPSA) is 99.5 Å². The molecule has 1 aromatic rings. The Bertz CT molecular complexity index is 486. The first kappa shape index (κ1) is 14.2. The van der Waals surface area contributed by atoms with E-state index < -0.39 is 29.9 Å². The Hall–Kier alpha value is -1.91. The Morgan fingerprint density at radius 3 is 2.61 bits per heavy atom. The van der Waals surface area contributed by atoms with Crippen molar-refractivity contribution < 1.29 is 23.7 Å². The Balaban J connectivity index is 3.43. The van der Waals surface area contributed by atoms with Crippen molar-refractivity contribution in [3.05, 3.63) is 23.3 Å². The summed E-state index contributed by atoms with van der Waals surface area (Å²) in [5, 5.41) is 27.2. The molecule has 0 aliphatic rings. The molecule has 0 fully saturated rings. The van der Waals surface area contributed by atoms with Crippen LogP contribution in [0.15, 0.2) is 12.1 Å². The Labute approximate surface area is 102 Å². The number of methoxy groups -OCH3 is 1. The van der Waals surface area contributed by atoms with E-state index in [2.05, 4.69) is 0 Å². The second kappa shape index (κ2) is 5.16. The minimum atomic E-state index is -3.66. The number of hydrogen-bond donors (Lipinski definition) is 3. The second-order valence-electron chi connectivity index (χ2n) is 3.59. The number of phenolic OH excluding ortho intramolecular Hbond substituents is 1. The van der Waals surface area contributed by atoms with Gasteiger partial charge in [-0.05, 0) is 12.1 Å². The fourth-order valence-electron chi connectivity index (χ4n) is 1.47. The van der Waals surface area contributed by atoms with E-state index in [0.717, 1.165) is 0 Å². The van der Waals surface area contributed by atoms with Crippen LogP contribution in [0.3, 0.4) is 0 Å². The van der Waals surface area contributed by atoms with Crippen LogP contribution in [-0.2, 0) is 0 Å². The molecule has 0 radical (unpaired) electrons. The monoisotopic (exact) mass is 258 g/mol. The molecule has 0 bridgehead atoms. The molecule has 1 rings (SSSR count). The summed E-state index contributed by atoms with van der Waals surface area (Å²) >= 11 is 0. The molecule has 98 valence electrons. The molecule has 0 saturated carbocycles. The van der Waals surface area contributed by atoms with Gasteiger partial charge in [0.25, 0.3) is 5.92 Å². The van der Waals surface area contributed by atoms with Gasteiger partial charge in [-0.1, -0.05) is 0 Å². The minimum Gasteiger partial charge on any atom is -0.504 e. The normalized spacial score (nSPS) is 12.9. The lowest BCUT2D eigenvalue weighted by Gasteiger charge is -2.23. The first-order valence-electron chi connectivity index (χ1n) is 4.93. The van der Waals surface area contributed by atoms with E-state index in [-0.39, 0.29) is 11.3 Å². The van der Waals surface area contributed by atoms with Crippen LogP contribution in [0.2, 0.25) is 0 Å². The number of nitriles is 1. The number of aliphatic hydroxyl groups is 1. The average Bonchev–Trinajstić information content (AvgIpc) is 2.37. The Morgan fingerprint density at radius 2 is 2.17 bits per heavy atom. The summed E-state index contributed by atoms with van der Waals surface area (Å²) in [5.74, 6) is -4.36. The Morgan fingerprint density at radius 1 is 1.56 bits per heavy atom. The minimum absolute atomic E-state index is 0.0758. The van der Waals surface area contributed by atoms with Crippen LogP contribution in [0.1, 0.15) is 17.2 Å². The number of nitrogens with two attached hydrogens (primary N) is 1. The van der Waals surface area contributed by atoms with E-state index in [4.69, 9.17) is 20.8 Å². The van der Waals surface area contributed by atoms with Crippen LogP contribution in [-0.4, -0.2) is 29.9 Å². The number of ether oxygens (including phenoxy) is 1. The summed E-state index contributed by atoms with van der Waals surface area (Å²) in [6, 6.07) is 2.12. The highest BCUT2D eigenvalue weighted by Gasteiger charge is 2.40. The number of hydrogen-bond acceptors (Lipinski definition) is 5. The molecule has 0 aromatic heterocycles. The molecule has 1 aromatic carbocycles. The standard InChI is InChI=1S/C11H12F2N2O3/c1-18-7-3-2-6(4-14)8(9(7)17)10(15)11(12,13)5-16/h2-3,10,16-17H,5,15H2,1H3/t10-/m0/s1. The van der Waals surface area contributed by atoms with Crippen molar-refractivity contribution in [2.75, 3.05) is 13.7 Å². The SMILES string of the molecule is COc1ccc(C#N)c([C@H](N)C(F)(F)CO)c1O. The number of aliphatic hydroxyl groups excluding tert-OH is 1. The van der Waals surface area contributed by atoms with Gasteiger partial charge in [-0.25, -0.2) is 8.78 Å². The van der Waals surface area contributed by atoms with Gasteiger partial charge in [0.15, 0.2) is 11.5 Å². The van der Waals surface area contributed by atoms with Crippen molar-refractivity contribution >= 4 is 0 Å². The molecule has 5 nitrogen and oxygen atoms in total. The van der Waals surface area contributed by atoms with Crippen LogP contribution < -0.4 is 10.5 Å². The molecular weight excluding hydrogens is 246 g/mol. The van der Waals surface area contributed by atoms with Gasteiger partial charge in [0.05, 0.1) is 18.7 Å². The zero-order chi connectivity index (χ0) is 13.9. The quantitative estimate of drug-likeness (QED) is 0.745. The molecule has 18 heavy (non-hydrogen) atoms. The number of phenols is 1. The van der Waals surface area contributed by atoms with Crippen LogP contribution in [0.5, 0.6) is 11.5 Å². The zero-order valence-corrected chi connectivity index (χ0v) is 9.52. The van der Waals surface area contributed by atoms with Gasteiger partial charge in [0, 0.05) is 5.56 Å². The number of nitrogens with zero attached hydrogens (tertiary/aromatic N) is 1. The maximum atomic E-state index is 13.3. The highest BCUT2D eigenvalue weighted by Crippen LogP contribution is 2.40. The number of halogens is 2. The van der Waals surface area contributed by atoms with Crippen molar-refractivity contribution in [2.45, 2.75) is 12.0 Å². The zero-order valence-electron chi connectivity index (χ0n) is 9.52. The summed E-state index contributed by atoms with van der Waals surface area (Å²) in [6.07, 6.45) is 0. The summed E-state index contributed by atoms with van der Waals surface area (Å²) in [7, 11) is 1.24. The van der Waals surface area contributed by atoms with Crippen molar-refractivity contribution in [2.24, 2.45) is 5.73 Å². The predicted octanol–water partition coefficient (Wildman–Crippen LogP) is 0.900. The lowest BCUT2D eigenvalue weighted by molar-refractivity contribution is -0.0716. The highest BCUT2D eigenvalue weighted by molar-refractivity contribution is 5.55. The number of benzene rings is 1. The molecule has 7 heteroatoms. The van der Waals surface area contributed by atoms with Gasteiger partial charge < -0.3 is 20.7 Å². The predicted molar refractivity (Wildman–Crippen MR) is 58.3 cm³/mol. The van der Waals surface area contributed by atoms with E-state index in [1.165, 1.54) is 19.2 Å².